The number of aryl methyl sites for hydroxylation is 2. The molecule has 5 nitrogen and oxygen atoms in total. The van der Waals surface area contributed by atoms with Crippen molar-refractivity contribution in [2.45, 2.75) is 38.8 Å². The maximum Gasteiger partial charge on any atom is 0.216 e. The number of aromatic nitrogens is 2. The van der Waals surface area contributed by atoms with E-state index < -0.39 is 0 Å². The topological polar surface area (TPSA) is 48.3 Å². The van der Waals surface area contributed by atoms with E-state index in [4.69, 9.17) is 9.47 Å². The first-order valence-corrected chi connectivity index (χ1v) is 6.64. The zero-order chi connectivity index (χ0) is 13.0. The van der Waals surface area contributed by atoms with Crippen LogP contribution in [0.4, 0.5) is 0 Å². The lowest BCUT2D eigenvalue weighted by molar-refractivity contribution is -0.0128. The summed E-state index contributed by atoms with van der Waals surface area (Å²) in [6.45, 7) is 4.27. The molecule has 0 radical (unpaired) electrons. The molecule has 5 heteroatoms. The van der Waals surface area contributed by atoms with Gasteiger partial charge in [-0.3, -0.25) is 0 Å². The van der Waals surface area contributed by atoms with Gasteiger partial charge in [0.2, 0.25) is 5.88 Å². The lowest BCUT2D eigenvalue weighted by Gasteiger charge is -2.22. The van der Waals surface area contributed by atoms with Gasteiger partial charge in [0.05, 0.1) is 17.4 Å². The van der Waals surface area contributed by atoms with Crippen LogP contribution in [0.3, 0.4) is 0 Å². The normalized spacial score (nSPS) is 20.1. The number of rotatable bonds is 5. The van der Waals surface area contributed by atoms with Gasteiger partial charge in [0.15, 0.2) is 0 Å². The smallest absolute Gasteiger partial charge is 0.216 e. The van der Waals surface area contributed by atoms with E-state index in [1.54, 1.807) is 0 Å². The standard InChI is InChI=1S/C13H23N3O2/c1-10-12(8-14-2)13(16(3)15-10)18-9-11-6-4-5-7-17-11/h11,14H,4-9H2,1-3H3. The maximum atomic E-state index is 5.92. The number of ether oxygens (including phenoxy) is 2. The molecule has 1 fully saturated rings. The van der Waals surface area contributed by atoms with Crippen molar-refractivity contribution < 1.29 is 9.47 Å². The van der Waals surface area contributed by atoms with Crippen LogP contribution in [-0.2, 0) is 18.3 Å². The van der Waals surface area contributed by atoms with E-state index in [9.17, 15) is 0 Å². The summed E-state index contributed by atoms with van der Waals surface area (Å²) in [6, 6.07) is 0. The van der Waals surface area contributed by atoms with E-state index in [-0.39, 0.29) is 6.10 Å². The molecule has 102 valence electrons. The van der Waals surface area contributed by atoms with Gasteiger partial charge in [0.1, 0.15) is 6.61 Å². The summed E-state index contributed by atoms with van der Waals surface area (Å²) < 4.78 is 13.4. The number of nitrogens with zero attached hydrogens (tertiary/aromatic N) is 2. The van der Waals surface area contributed by atoms with E-state index >= 15 is 0 Å². The van der Waals surface area contributed by atoms with Crippen LogP contribution in [0, 0.1) is 6.92 Å². The van der Waals surface area contributed by atoms with Crippen molar-refractivity contribution in [1.82, 2.24) is 15.1 Å². The fourth-order valence-corrected chi connectivity index (χ4v) is 2.35. The first kappa shape index (κ1) is 13.4. The average Bonchev–Trinajstić information content (AvgIpc) is 2.64. The third-order valence-corrected chi connectivity index (χ3v) is 3.32. The molecule has 1 saturated heterocycles. The third kappa shape index (κ3) is 3.03. The Kier molecular flexibility index (Phi) is 4.60. The van der Waals surface area contributed by atoms with Gasteiger partial charge >= 0.3 is 0 Å². The lowest BCUT2D eigenvalue weighted by Crippen LogP contribution is -2.26. The highest BCUT2D eigenvalue weighted by atomic mass is 16.5. The highest BCUT2D eigenvalue weighted by molar-refractivity contribution is 5.30. The summed E-state index contributed by atoms with van der Waals surface area (Å²) >= 11 is 0. The van der Waals surface area contributed by atoms with Crippen molar-refractivity contribution in [3.63, 3.8) is 0 Å². The van der Waals surface area contributed by atoms with E-state index in [0.717, 1.165) is 36.7 Å². The van der Waals surface area contributed by atoms with Gasteiger partial charge in [-0.25, -0.2) is 4.68 Å². The molecule has 1 aliphatic rings. The average molecular weight is 253 g/mol. The van der Waals surface area contributed by atoms with Crippen molar-refractivity contribution in [3.05, 3.63) is 11.3 Å². The Morgan fingerprint density at radius 3 is 3.00 bits per heavy atom. The minimum atomic E-state index is 0.233. The Bertz CT molecular complexity index is 384. The SMILES string of the molecule is CNCc1c(C)nn(C)c1OCC1CCCCO1. The molecule has 0 spiro atoms. The Morgan fingerprint density at radius 1 is 1.50 bits per heavy atom. The van der Waals surface area contributed by atoms with Crippen LogP contribution < -0.4 is 10.1 Å². The fourth-order valence-electron chi connectivity index (χ4n) is 2.35. The van der Waals surface area contributed by atoms with Crippen LogP contribution in [0.15, 0.2) is 0 Å². The van der Waals surface area contributed by atoms with Crippen LogP contribution in [0.1, 0.15) is 30.5 Å². The summed E-state index contributed by atoms with van der Waals surface area (Å²) in [5, 5.41) is 7.56. The first-order valence-electron chi connectivity index (χ1n) is 6.64. The Balaban J connectivity index is 1.98. The minimum Gasteiger partial charge on any atom is -0.475 e. The van der Waals surface area contributed by atoms with E-state index in [0.29, 0.717) is 6.61 Å². The zero-order valence-corrected chi connectivity index (χ0v) is 11.5. The monoisotopic (exact) mass is 253 g/mol. The fraction of sp³-hybridized carbons (Fsp3) is 0.769. The zero-order valence-electron chi connectivity index (χ0n) is 11.5. The summed E-state index contributed by atoms with van der Waals surface area (Å²) in [5.41, 5.74) is 2.15. The Morgan fingerprint density at radius 2 is 2.33 bits per heavy atom. The van der Waals surface area contributed by atoms with E-state index in [2.05, 4.69) is 10.4 Å². The van der Waals surface area contributed by atoms with Crippen molar-refractivity contribution >= 4 is 0 Å². The van der Waals surface area contributed by atoms with E-state index in [1.165, 1.54) is 12.8 Å². The van der Waals surface area contributed by atoms with Crippen molar-refractivity contribution in [2.75, 3.05) is 20.3 Å². The minimum absolute atomic E-state index is 0.233. The second-order valence-electron chi connectivity index (χ2n) is 4.82. The second-order valence-corrected chi connectivity index (χ2v) is 4.82. The van der Waals surface area contributed by atoms with Crippen molar-refractivity contribution in [2.24, 2.45) is 7.05 Å². The molecule has 1 aliphatic heterocycles. The molecule has 0 aliphatic carbocycles. The summed E-state index contributed by atoms with van der Waals surface area (Å²) in [5.74, 6) is 0.857. The summed E-state index contributed by atoms with van der Waals surface area (Å²) in [7, 11) is 3.85. The van der Waals surface area contributed by atoms with Crippen LogP contribution in [0.25, 0.3) is 0 Å². The molecule has 0 saturated carbocycles. The van der Waals surface area contributed by atoms with Gasteiger partial charge in [-0.15, -0.1) is 0 Å². The molecule has 1 atom stereocenters. The van der Waals surface area contributed by atoms with Crippen LogP contribution in [0.5, 0.6) is 5.88 Å². The van der Waals surface area contributed by atoms with Gasteiger partial charge < -0.3 is 14.8 Å². The summed E-state index contributed by atoms with van der Waals surface area (Å²) in [4.78, 5) is 0. The molecule has 1 aromatic rings. The molecular weight excluding hydrogens is 230 g/mol. The highest BCUT2D eigenvalue weighted by Gasteiger charge is 2.18. The van der Waals surface area contributed by atoms with Gasteiger partial charge in [0.25, 0.3) is 0 Å². The molecule has 18 heavy (non-hydrogen) atoms. The largest absolute Gasteiger partial charge is 0.475 e. The predicted molar refractivity (Wildman–Crippen MR) is 69.8 cm³/mol. The first-order chi connectivity index (χ1) is 8.72. The molecule has 2 heterocycles. The van der Waals surface area contributed by atoms with Crippen LogP contribution >= 0.6 is 0 Å². The maximum absolute atomic E-state index is 5.92. The van der Waals surface area contributed by atoms with Crippen LogP contribution in [-0.4, -0.2) is 36.1 Å². The number of hydrogen-bond donors (Lipinski definition) is 1. The van der Waals surface area contributed by atoms with Gasteiger partial charge in [-0.2, -0.15) is 5.10 Å². The molecule has 0 aromatic carbocycles. The van der Waals surface area contributed by atoms with Gasteiger partial charge in [-0.1, -0.05) is 0 Å². The van der Waals surface area contributed by atoms with E-state index in [1.807, 2.05) is 25.7 Å². The van der Waals surface area contributed by atoms with Gasteiger partial charge in [-0.05, 0) is 33.2 Å². The molecule has 0 bridgehead atoms. The molecule has 0 amide bonds. The lowest BCUT2D eigenvalue weighted by atomic mass is 10.1. The molecule has 1 aromatic heterocycles. The second kappa shape index (κ2) is 6.20. The molecule has 1 unspecified atom stereocenters. The van der Waals surface area contributed by atoms with Crippen LogP contribution in [0.2, 0.25) is 0 Å². The number of nitrogens with one attached hydrogen (secondary N) is 1. The summed E-state index contributed by atoms with van der Waals surface area (Å²) in [6.07, 6.45) is 3.74. The molecular formula is C13H23N3O2. The number of hydrogen-bond acceptors (Lipinski definition) is 4. The van der Waals surface area contributed by atoms with Crippen molar-refractivity contribution in [1.29, 1.82) is 0 Å². The Hall–Kier alpha value is -1.07. The molecule has 2 rings (SSSR count). The predicted octanol–water partition coefficient (Wildman–Crippen LogP) is 1.40. The Labute approximate surface area is 108 Å². The highest BCUT2D eigenvalue weighted by Crippen LogP contribution is 2.22. The quantitative estimate of drug-likeness (QED) is 0.861. The van der Waals surface area contributed by atoms with Crippen molar-refractivity contribution in [3.8, 4) is 5.88 Å². The molecule has 1 N–H and O–H groups in total. The third-order valence-electron chi connectivity index (χ3n) is 3.32. The van der Waals surface area contributed by atoms with Gasteiger partial charge in [0, 0.05) is 20.2 Å².